The lowest BCUT2D eigenvalue weighted by molar-refractivity contribution is -0.275. The minimum atomic E-state index is -4.86. The van der Waals surface area contributed by atoms with E-state index in [-0.39, 0.29) is 5.56 Å². The van der Waals surface area contributed by atoms with Crippen LogP contribution in [0.1, 0.15) is 11.6 Å². The van der Waals surface area contributed by atoms with Crippen LogP contribution >= 0.6 is 0 Å². The highest BCUT2D eigenvalue weighted by atomic mass is 32.2. The number of sulfone groups is 1. The maximum Gasteiger partial charge on any atom is 0.573 e. The summed E-state index contributed by atoms with van der Waals surface area (Å²) < 4.78 is 63.0. The Balaban J connectivity index is 3.10. The lowest BCUT2D eigenvalue weighted by Crippen LogP contribution is -2.33. The number of hydrazine groups is 1. The predicted octanol–water partition coefficient (Wildman–Crippen LogP) is 1.13. The third-order valence-corrected chi connectivity index (χ3v) is 3.13. The summed E-state index contributed by atoms with van der Waals surface area (Å²) in [4.78, 5) is 0. The van der Waals surface area contributed by atoms with Gasteiger partial charge in [0.1, 0.15) is 15.6 Å². The summed E-state index contributed by atoms with van der Waals surface area (Å²) in [7, 11) is -3.42. The second-order valence-corrected chi connectivity index (χ2v) is 6.08. The molecule has 9 heteroatoms. The molecule has 0 fully saturated rings. The number of ether oxygens (including phenoxy) is 1. The molecule has 0 bridgehead atoms. The van der Waals surface area contributed by atoms with E-state index in [1.54, 1.807) is 0 Å². The fourth-order valence-electron chi connectivity index (χ4n) is 1.52. The zero-order valence-corrected chi connectivity index (χ0v) is 10.8. The SMILES string of the molecule is CS(=O)(=O)CC(NN)c1ccccc1OC(F)(F)F. The van der Waals surface area contributed by atoms with Crippen molar-refractivity contribution in [1.82, 2.24) is 5.43 Å². The Morgan fingerprint density at radius 1 is 1.37 bits per heavy atom. The first-order valence-electron chi connectivity index (χ1n) is 5.11. The average molecular weight is 298 g/mol. The van der Waals surface area contributed by atoms with Gasteiger partial charge in [-0.25, -0.2) is 8.42 Å². The van der Waals surface area contributed by atoms with Crippen molar-refractivity contribution in [2.24, 2.45) is 5.84 Å². The average Bonchev–Trinajstić information content (AvgIpc) is 2.23. The van der Waals surface area contributed by atoms with Gasteiger partial charge in [0.25, 0.3) is 0 Å². The Kier molecular flexibility index (Phi) is 4.77. The van der Waals surface area contributed by atoms with Gasteiger partial charge in [0, 0.05) is 11.8 Å². The van der Waals surface area contributed by atoms with Crippen LogP contribution in [0.25, 0.3) is 0 Å². The molecular formula is C10H13F3N2O3S. The highest BCUT2D eigenvalue weighted by Crippen LogP contribution is 2.30. The summed E-state index contributed by atoms with van der Waals surface area (Å²) in [6, 6.07) is 4.23. The van der Waals surface area contributed by atoms with E-state index in [1.807, 2.05) is 0 Å². The van der Waals surface area contributed by atoms with Crippen LogP contribution in [0.3, 0.4) is 0 Å². The molecule has 1 atom stereocenters. The molecule has 0 radical (unpaired) electrons. The molecule has 0 saturated carbocycles. The fourth-order valence-corrected chi connectivity index (χ4v) is 2.40. The van der Waals surface area contributed by atoms with Crippen LogP contribution in [0.4, 0.5) is 13.2 Å². The Labute approximate surface area is 108 Å². The van der Waals surface area contributed by atoms with Crippen LogP contribution in [0.5, 0.6) is 5.75 Å². The van der Waals surface area contributed by atoms with E-state index in [0.29, 0.717) is 0 Å². The van der Waals surface area contributed by atoms with E-state index in [2.05, 4.69) is 10.2 Å². The molecule has 0 aliphatic rings. The van der Waals surface area contributed by atoms with E-state index < -0.39 is 33.7 Å². The summed E-state index contributed by atoms with van der Waals surface area (Å²) in [5, 5.41) is 0. The number of benzene rings is 1. The second-order valence-electron chi connectivity index (χ2n) is 3.90. The Hall–Kier alpha value is -1.32. The van der Waals surface area contributed by atoms with Gasteiger partial charge in [-0.2, -0.15) is 0 Å². The molecule has 0 aliphatic carbocycles. The monoisotopic (exact) mass is 298 g/mol. The van der Waals surface area contributed by atoms with E-state index in [0.717, 1.165) is 12.3 Å². The molecule has 0 spiro atoms. The maximum absolute atomic E-state index is 12.2. The van der Waals surface area contributed by atoms with Crippen LogP contribution in [-0.4, -0.2) is 26.8 Å². The number of alkyl halides is 3. The zero-order valence-electron chi connectivity index (χ0n) is 9.94. The maximum atomic E-state index is 12.2. The van der Waals surface area contributed by atoms with Crippen molar-refractivity contribution in [3.63, 3.8) is 0 Å². The Morgan fingerprint density at radius 2 is 1.95 bits per heavy atom. The third-order valence-electron chi connectivity index (χ3n) is 2.19. The number of nitrogens with one attached hydrogen (secondary N) is 1. The van der Waals surface area contributed by atoms with Crippen molar-refractivity contribution in [2.45, 2.75) is 12.4 Å². The number of rotatable bonds is 5. The summed E-state index contributed by atoms with van der Waals surface area (Å²) in [5.41, 5.74) is 2.20. The molecule has 3 N–H and O–H groups in total. The number of halogens is 3. The summed E-state index contributed by atoms with van der Waals surface area (Å²) in [6.07, 6.45) is -3.90. The molecule has 108 valence electrons. The van der Waals surface area contributed by atoms with Crippen molar-refractivity contribution in [1.29, 1.82) is 0 Å². The minimum Gasteiger partial charge on any atom is -0.405 e. The van der Waals surface area contributed by atoms with Crippen LogP contribution in [0.15, 0.2) is 24.3 Å². The van der Waals surface area contributed by atoms with Crippen LogP contribution in [0, 0.1) is 0 Å². The number of hydrogen-bond donors (Lipinski definition) is 2. The quantitative estimate of drug-likeness (QED) is 0.629. The first-order chi connectivity index (χ1) is 8.62. The molecule has 0 amide bonds. The van der Waals surface area contributed by atoms with Gasteiger partial charge in [-0.1, -0.05) is 18.2 Å². The first-order valence-corrected chi connectivity index (χ1v) is 7.17. The molecule has 0 aromatic heterocycles. The Bertz CT molecular complexity index is 531. The predicted molar refractivity (Wildman–Crippen MR) is 62.9 cm³/mol. The number of nitrogens with two attached hydrogens (primary N) is 1. The second kappa shape index (κ2) is 5.76. The molecule has 1 rings (SSSR count). The van der Waals surface area contributed by atoms with Gasteiger partial charge in [0.2, 0.25) is 0 Å². The normalized spacial score (nSPS) is 14.2. The van der Waals surface area contributed by atoms with Crippen LogP contribution in [-0.2, 0) is 9.84 Å². The molecule has 1 aromatic carbocycles. The van der Waals surface area contributed by atoms with Gasteiger partial charge in [0.15, 0.2) is 0 Å². The van der Waals surface area contributed by atoms with Gasteiger partial charge >= 0.3 is 6.36 Å². The van der Waals surface area contributed by atoms with Gasteiger partial charge < -0.3 is 4.74 Å². The molecule has 0 aliphatic heterocycles. The zero-order chi connectivity index (χ0) is 14.7. The summed E-state index contributed by atoms with van der Waals surface area (Å²) in [6.45, 7) is 0. The smallest absolute Gasteiger partial charge is 0.405 e. The van der Waals surface area contributed by atoms with Crippen molar-refractivity contribution in [3.05, 3.63) is 29.8 Å². The highest BCUT2D eigenvalue weighted by Gasteiger charge is 2.33. The highest BCUT2D eigenvalue weighted by molar-refractivity contribution is 7.90. The minimum absolute atomic E-state index is 0.0211. The van der Waals surface area contributed by atoms with Gasteiger partial charge in [-0.3, -0.25) is 11.3 Å². The molecule has 19 heavy (non-hydrogen) atoms. The first kappa shape index (κ1) is 15.7. The van der Waals surface area contributed by atoms with Crippen molar-refractivity contribution in [3.8, 4) is 5.75 Å². The van der Waals surface area contributed by atoms with Gasteiger partial charge in [-0.05, 0) is 6.07 Å². The molecule has 1 unspecified atom stereocenters. The molecule has 0 heterocycles. The molecular weight excluding hydrogens is 285 g/mol. The number of hydrogen-bond acceptors (Lipinski definition) is 5. The standard InChI is InChI=1S/C10H13F3N2O3S/c1-19(16,17)6-8(15-14)7-4-2-3-5-9(7)18-10(11,12)13/h2-5,8,15H,6,14H2,1H3. The molecule has 1 aromatic rings. The van der Waals surface area contributed by atoms with E-state index >= 15 is 0 Å². The third kappa shape index (κ3) is 5.45. The lowest BCUT2D eigenvalue weighted by Gasteiger charge is -2.19. The van der Waals surface area contributed by atoms with E-state index in [1.165, 1.54) is 18.2 Å². The molecule has 0 saturated heterocycles. The van der Waals surface area contributed by atoms with Crippen LogP contribution in [0.2, 0.25) is 0 Å². The van der Waals surface area contributed by atoms with Crippen molar-refractivity contribution >= 4 is 9.84 Å². The van der Waals surface area contributed by atoms with Gasteiger partial charge in [-0.15, -0.1) is 13.2 Å². The van der Waals surface area contributed by atoms with Crippen LogP contribution < -0.4 is 16.0 Å². The van der Waals surface area contributed by atoms with Gasteiger partial charge in [0.05, 0.1) is 11.8 Å². The van der Waals surface area contributed by atoms with Crippen molar-refractivity contribution < 1.29 is 26.3 Å². The Morgan fingerprint density at radius 3 is 2.42 bits per heavy atom. The summed E-state index contributed by atoms with van der Waals surface area (Å²) in [5.74, 6) is 4.27. The molecule has 5 nitrogen and oxygen atoms in total. The van der Waals surface area contributed by atoms with E-state index in [9.17, 15) is 21.6 Å². The summed E-state index contributed by atoms with van der Waals surface area (Å²) >= 11 is 0. The van der Waals surface area contributed by atoms with Crippen molar-refractivity contribution in [2.75, 3.05) is 12.0 Å². The largest absolute Gasteiger partial charge is 0.573 e. The van der Waals surface area contributed by atoms with E-state index in [4.69, 9.17) is 5.84 Å². The lowest BCUT2D eigenvalue weighted by atomic mass is 10.1. The fraction of sp³-hybridized carbons (Fsp3) is 0.400. The number of para-hydroxylation sites is 1. The topological polar surface area (TPSA) is 81.4 Å².